The lowest BCUT2D eigenvalue weighted by atomic mass is 10.0. The van der Waals surface area contributed by atoms with Crippen LogP contribution in [0, 0.1) is 11.8 Å². The highest BCUT2D eigenvalue weighted by atomic mass is 32.1. The standard InChI is InChI=1S/C67H100N18O16S2/c1-36(2)28-44(77-60(95)49(33-87)82-63(98)53(68)37(3)4)56(91)81-48(32-86)59(94)79-46(30-40-21-23-41(88)24-22-40)57(92)75-43(19-12-26-74-67(71)72)55(90)84-51(35-103)64(99)85-27-13-20-52(85)62(97)83-50(34-102)61(96)76-42(18-11-25-73-66(69)70)54(89)78-45(29-38-14-7-5-8-15-38)58(93)80-47(65(100)101)31-39-16-9-6-10-17-39/h5-10,14-17,21-24,36-37,42-53,86-88,102-103H,11-13,18-20,25-35,68H2,1-4H3,(H,75,92)(H,76,96)(H,77,95)(H,78,89)(H,79,94)(H,80,93)(H,81,91)(H,82,98)(H,83,97)(H,84,90)(H,100,101)(H4,69,70,73)(H4,71,72,74)/t42-,43-,44-,45-,46-,47-,48-,49-,50-,51-,52-,53-/m0/s1. The second-order valence-corrected chi connectivity index (χ2v) is 26.1. The number of carboxylic acids is 1. The molecule has 4 rings (SSSR count). The fourth-order valence-corrected chi connectivity index (χ4v) is 11.2. The summed E-state index contributed by atoms with van der Waals surface area (Å²) in [5, 5.41) is 66.1. The first-order valence-corrected chi connectivity index (χ1v) is 34.9. The molecular weight excluding hydrogens is 1380 g/mol. The molecule has 1 saturated heterocycles. The number of amides is 11. The van der Waals surface area contributed by atoms with Crippen molar-refractivity contribution in [2.75, 3.05) is 44.4 Å². The molecule has 36 heteroatoms. The van der Waals surface area contributed by atoms with E-state index < -0.39 is 157 Å². The minimum absolute atomic E-state index is 0.0113. The Kier molecular flexibility index (Phi) is 36.5. The number of nitrogens with one attached hydrogen (secondary N) is 10. The van der Waals surface area contributed by atoms with Gasteiger partial charge in [0.1, 0.15) is 72.2 Å². The first-order valence-electron chi connectivity index (χ1n) is 33.6. The number of hydrogen-bond acceptors (Lipinski definition) is 20. The number of phenolic OH excluding ortho intramolecular Hbond substituents is 1. The van der Waals surface area contributed by atoms with Gasteiger partial charge in [0.2, 0.25) is 65.0 Å². The molecular formula is C67H100N18O16S2. The Balaban J connectivity index is 1.55. The minimum atomic E-state index is -1.78. The number of thiol groups is 2. The molecule has 12 atom stereocenters. The number of aliphatic carboxylic acids is 1. The van der Waals surface area contributed by atoms with E-state index in [2.05, 4.69) is 88.4 Å². The van der Waals surface area contributed by atoms with Crippen molar-refractivity contribution < 1.29 is 78.0 Å². The van der Waals surface area contributed by atoms with E-state index in [1.54, 1.807) is 88.4 Å². The Hall–Kier alpha value is -9.78. The maximum absolute atomic E-state index is 14.6. The number of carbonyl (C=O) groups excluding carboxylic acids is 11. The van der Waals surface area contributed by atoms with Crippen LogP contribution in [0.3, 0.4) is 0 Å². The van der Waals surface area contributed by atoms with E-state index in [1.807, 2.05) is 0 Å². The monoisotopic (exact) mass is 1480 g/mol. The lowest BCUT2D eigenvalue weighted by Gasteiger charge is -2.30. The quantitative estimate of drug-likeness (QED) is 0.0110. The van der Waals surface area contributed by atoms with Crippen LogP contribution in [-0.4, -0.2) is 225 Å². The topological polar surface area (TPSA) is 564 Å². The normalized spacial score (nSPS) is 15.8. The van der Waals surface area contributed by atoms with Gasteiger partial charge >= 0.3 is 5.97 Å². The lowest BCUT2D eigenvalue weighted by Crippen LogP contribution is -2.61. The van der Waals surface area contributed by atoms with Crippen molar-refractivity contribution in [2.45, 2.75) is 164 Å². The van der Waals surface area contributed by atoms with E-state index >= 15 is 0 Å². The Labute approximate surface area is 608 Å². The summed E-state index contributed by atoms with van der Waals surface area (Å²) in [6, 6.07) is 5.41. The molecule has 24 N–H and O–H groups in total. The van der Waals surface area contributed by atoms with Crippen LogP contribution in [0.4, 0.5) is 0 Å². The average molecular weight is 1480 g/mol. The fraction of sp³-hybridized carbons (Fsp3) is 0.522. The number of likely N-dealkylation sites (tertiary alicyclic amines) is 1. The Morgan fingerprint density at radius 3 is 1.28 bits per heavy atom. The summed E-state index contributed by atoms with van der Waals surface area (Å²) in [4.78, 5) is 176. The third-order valence-corrected chi connectivity index (χ3v) is 17.2. The summed E-state index contributed by atoms with van der Waals surface area (Å²) in [5.41, 5.74) is 29.7. The van der Waals surface area contributed by atoms with Gasteiger partial charge in [0, 0.05) is 50.4 Å². The number of benzene rings is 3. The summed E-state index contributed by atoms with van der Waals surface area (Å²) in [6.07, 6.45) is -0.326. The number of phenols is 1. The maximum atomic E-state index is 14.6. The van der Waals surface area contributed by atoms with Gasteiger partial charge in [-0.25, -0.2) is 4.79 Å². The second-order valence-electron chi connectivity index (χ2n) is 25.4. The molecule has 11 amide bonds. The first-order chi connectivity index (χ1) is 48.9. The van der Waals surface area contributed by atoms with Crippen LogP contribution in [0.15, 0.2) is 94.9 Å². The molecule has 566 valence electrons. The highest BCUT2D eigenvalue weighted by molar-refractivity contribution is 7.80. The number of carboxylic acid groups (broad SMARTS) is 1. The number of aliphatic hydroxyl groups excluding tert-OH is 2. The van der Waals surface area contributed by atoms with Crippen molar-refractivity contribution in [1.29, 1.82) is 0 Å². The molecule has 1 aliphatic heterocycles. The molecule has 34 nitrogen and oxygen atoms in total. The molecule has 1 heterocycles. The van der Waals surface area contributed by atoms with Gasteiger partial charge in [0.05, 0.1) is 19.3 Å². The average Bonchev–Trinajstić information content (AvgIpc) is 1.74. The molecule has 0 spiro atoms. The van der Waals surface area contributed by atoms with Gasteiger partial charge in [0.15, 0.2) is 11.9 Å². The van der Waals surface area contributed by atoms with Gasteiger partial charge in [-0.1, -0.05) is 100 Å². The number of hydrogen-bond donors (Lipinski definition) is 21. The number of rotatable bonds is 43. The van der Waals surface area contributed by atoms with E-state index in [1.165, 1.54) is 29.2 Å². The van der Waals surface area contributed by atoms with Crippen LogP contribution in [0.25, 0.3) is 0 Å². The molecule has 0 radical (unpaired) electrons. The van der Waals surface area contributed by atoms with Crippen molar-refractivity contribution in [3.63, 3.8) is 0 Å². The Morgan fingerprint density at radius 1 is 0.485 bits per heavy atom. The Morgan fingerprint density at radius 2 is 0.854 bits per heavy atom. The van der Waals surface area contributed by atoms with Crippen LogP contribution < -0.4 is 81.8 Å². The van der Waals surface area contributed by atoms with Gasteiger partial charge in [-0.3, -0.25) is 62.7 Å². The summed E-state index contributed by atoms with van der Waals surface area (Å²) in [6.45, 7) is 4.83. The number of nitrogens with two attached hydrogens (primary N) is 5. The molecule has 0 saturated carbocycles. The van der Waals surface area contributed by atoms with Gasteiger partial charge in [-0.2, -0.15) is 25.3 Å². The molecule has 3 aromatic carbocycles. The van der Waals surface area contributed by atoms with E-state index in [9.17, 15) is 78.0 Å². The summed E-state index contributed by atoms with van der Waals surface area (Å²) < 4.78 is 0. The van der Waals surface area contributed by atoms with Gasteiger partial charge in [-0.05, 0) is 85.6 Å². The number of nitrogens with zero attached hydrogens (tertiary/aromatic N) is 3. The third-order valence-electron chi connectivity index (χ3n) is 16.4. The summed E-state index contributed by atoms with van der Waals surface area (Å²) in [5.74, 6) is -13.3. The first kappa shape index (κ1) is 85.6. The highest BCUT2D eigenvalue weighted by Gasteiger charge is 2.41. The van der Waals surface area contributed by atoms with Crippen LogP contribution in [-0.2, 0) is 76.8 Å². The van der Waals surface area contributed by atoms with Crippen LogP contribution in [0.1, 0.15) is 89.3 Å². The molecule has 1 aliphatic rings. The largest absolute Gasteiger partial charge is 0.508 e. The molecule has 0 unspecified atom stereocenters. The van der Waals surface area contributed by atoms with E-state index in [-0.39, 0.29) is 125 Å². The number of aliphatic imine (C=N–C) groups is 2. The van der Waals surface area contributed by atoms with Gasteiger partial charge in [0.25, 0.3) is 0 Å². The predicted octanol–water partition coefficient (Wildman–Crippen LogP) is -4.68. The van der Waals surface area contributed by atoms with Crippen LogP contribution >= 0.6 is 25.3 Å². The highest BCUT2D eigenvalue weighted by Crippen LogP contribution is 2.21. The smallest absolute Gasteiger partial charge is 0.326 e. The van der Waals surface area contributed by atoms with Crippen LogP contribution in [0.5, 0.6) is 5.75 Å². The molecule has 0 aromatic heterocycles. The molecule has 3 aromatic rings. The minimum Gasteiger partial charge on any atom is -0.508 e. The number of aliphatic hydroxyl groups is 2. The van der Waals surface area contributed by atoms with Crippen molar-refractivity contribution in [2.24, 2.45) is 50.5 Å². The lowest BCUT2D eigenvalue weighted by molar-refractivity contribution is -0.142. The predicted molar refractivity (Wildman–Crippen MR) is 388 cm³/mol. The van der Waals surface area contributed by atoms with Crippen LogP contribution in [0.2, 0.25) is 0 Å². The summed E-state index contributed by atoms with van der Waals surface area (Å²) in [7, 11) is 0. The van der Waals surface area contributed by atoms with Crippen molar-refractivity contribution >= 4 is 108 Å². The maximum Gasteiger partial charge on any atom is 0.326 e. The molecule has 0 bridgehead atoms. The molecule has 103 heavy (non-hydrogen) atoms. The SMILES string of the molecule is CC(C)C[C@H](NC(=O)[C@H](CO)NC(=O)[C@@H](N)C(C)C)C(=O)N[C@@H](CO)C(=O)N[C@@H](Cc1ccc(O)cc1)C(=O)N[C@@H](CCCN=C(N)N)C(=O)N[C@@H](CS)C(=O)N1CCC[C@H]1C(=O)N[C@@H](CS)C(=O)N[C@@H](CCCN=C(N)N)C(=O)N[C@@H](Cc1ccccc1)C(=O)N[C@@H](Cc1ccccc1)C(=O)O. The number of carbonyl (C=O) groups is 12. The van der Waals surface area contributed by atoms with Crippen molar-refractivity contribution in [3.8, 4) is 5.75 Å². The molecule has 0 aliphatic carbocycles. The fourth-order valence-electron chi connectivity index (χ4n) is 10.7. The summed E-state index contributed by atoms with van der Waals surface area (Å²) >= 11 is 8.72. The van der Waals surface area contributed by atoms with Crippen molar-refractivity contribution in [3.05, 3.63) is 102 Å². The Bertz CT molecular complexity index is 3390. The zero-order chi connectivity index (χ0) is 76.5. The number of aromatic hydroxyl groups is 1. The van der Waals surface area contributed by atoms with Gasteiger partial charge in [-0.15, -0.1) is 0 Å². The van der Waals surface area contributed by atoms with Crippen molar-refractivity contribution in [1.82, 2.24) is 58.1 Å². The van der Waals surface area contributed by atoms with E-state index in [0.29, 0.717) is 16.7 Å². The third kappa shape index (κ3) is 29.2. The van der Waals surface area contributed by atoms with E-state index in [0.717, 1.165) is 0 Å². The zero-order valence-corrected chi connectivity index (χ0v) is 59.8. The second kappa shape index (κ2) is 43.9. The zero-order valence-electron chi connectivity index (χ0n) is 58.0. The number of guanidine groups is 2. The molecule has 1 fully saturated rings. The van der Waals surface area contributed by atoms with Gasteiger partial charge < -0.3 is 107 Å². The van der Waals surface area contributed by atoms with E-state index in [4.69, 9.17) is 28.7 Å².